The number of piperidine rings is 1. The van der Waals surface area contributed by atoms with Crippen LogP contribution in [0.15, 0.2) is 0 Å². The van der Waals surface area contributed by atoms with Crippen LogP contribution in [0.2, 0.25) is 0 Å². The third-order valence-corrected chi connectivity index (χ3v) is 2.40. The maximum Gasteiger partial charge on any atom is 0.233 e. The average molecular weight is 185 g/mol. The van der Waals surface area contributed by atoms with E-state index in [4.69, 9.17) is 0 Å². The Hall–Kier alpha value is -0.610. The van der Waals surface area contributed by atoms with Gasteiger partial charge >= 0.3 is 0 Å². The Morgan fingerprint density at radius 1 is 1.62 bits per heavy atom. The monoisotopic (exact) mass is 185 g/mol. The van der Waals surface area contributed by atoms with Gasteiger partial charge in [0.1, 0.15) is 0 Å². The van der Waals surface area contributed by atoms with E-state index in [0.717, 1.165) is 19.6 Å². The molecule has 0 radical (unpaired) electrons. The van der Waals surface area contributed by atoms with Crippen LogP contribution in [-0.2, 0) is 4.79 Å². The van der Waals surface area contributed by atoms with Crippen LogP contribution in [0.5, 0.6) is 0 Å². The Bertz CT molecular complexity index is 155. The quantitative estimate of drug-likeness (QED) is 0.544. The maximum atomic E-state index is 10.9. The molecule has 0 saturated carbocycles. The first-order valence-electron chi connectivity index (χ1n) is 4.95. The van der Waals surface area contributed by atoms with Gasteiger partial charge in [-0.2, -0.15) is 0 Å². The highest BCUT2D eigenvalue weighted by Gasteiger charge is 2.12. The normalized spacial score (nSPS) is 22.7. The lowest BCUT2D eigenvalue weighted by Gasteiger charge is -2.22. The molecule has 4 nitrogen and oxygen atoms in total. The van der Waals surface area contributed by atoms with Crippen LogP contribution >= 0.6 is 0 Å². The van der Waals surface area contributed by atoms with E-state index in [1.807, 2.05) is 0 Å². The van der Waals surface area contributed by atoms with E-state index in [0.29, 0.717) is 12.5 Å². The van der Waals surface area contributed by atoms with Gasteiger partial charge in [0.15, 0.2) is 0 Å². The van der Waals surface area contributed by atoms with Gasteiger partial charge in [-0.25, -0.2) is 0 Å². The molecule has 0 spiro atoms. The molecular formula is C9H19N3O. The largest absolute Gasteiger partial charge is 0.358 e. The summed E-state index contributed by atoms with van der Waals surface area (Å²) >= 11 is 0. The van der Waals surface area contributed by atoms with Gasteiger partial charge < -0.3 is 16.0 Å². The molecule has 0 bridgehead atoms. The van der Waals surface area contributed by atoms with Crippen molar-refractivity contribution < 1.29 is 4.79 Å². The van der Waals surface area contributed by atoms with Crippen molar-refractivity contribution in [3.05, 3.63) is 0 Å². The van der Waals surface area contributed by atoms with Crippen LogP contribution in [0.3, 0.4) is 0 Å². The summed E-state index contributed by atoms with van der Waals surface area (Å²) in [6.45, 7) is 3.61. The first-order valence-corrected chi connectivity index (χ1v) is 4.95. The van der Waals surface area contributed by atoms with E-state index in [2.05, 4.69) is 16.0 Å². The number of likely N-dealkylation sites (N-methyl/N-ethyl adjacent to an activating group) is 1. The highest BCUT2D eigenvalue weighted by molar-refractivity contribution is 5.77. The Balaban J connectivity index is 2.01. The first-order chi connectivity index (χ1) is 6.33. The van der Waals surface area contributed by atoms with Crippen molar-refractivity contribution in [1.82, 2.24) is 16.0 Å². The zero-order valence-corrected chi connectivity index (χ0v) is 8.23. The zero-order chi connectivity index (χ0) is 9.52. The topological polar surface area (TPSA) is 53.2 Å². The average Bonchev–Trinajstić information content (AvgIpc) is 2.19. The zero-order valence-electron chi connectivity index (χ0n) is 8.23. The second kappa shape index (κ2) is 5.94. The fourth-order valence-corrected chi connectivity index (χ4v) is 1.58. The molecule has 13 heavy (non-hydrogen) atoms. The smallest absolute Gasteiger partial charge is 0.233 e. The number of amides is 1. The van der Waals surface area contributed by atoms with E-state index in [1.54, 1.807) is 7.05 Å². The lowest BCUT2D eigenvalue weighted by Crippen LogP contribution is -2.39. The molecule has 0 aromatic heterocycles. The predicted octanol–water partition coefficient (Wildman–Crippen LogP) is -0.678. The van der Waals surface area contributed by atoms with Crippen LogP contribution in [0, 0.1) is 5.92 Å². The molecule has 4 heteroatoms. The van der Waals surface area contributed by atoms with Gasteiger partial charge in [0, 0.05) is 7.05 Å². The SMILES string of the molecule is CNC(=O)CNCC1CCCNC1. The summed E-state index contributed by atoms with van der Waals surface area (Å²) in [6.07, 6.45) is 2.53. The van der Waals surface area contributed by atoms with Gasteiger partial charge in [-0.1, -0.05) is 0 Å². The van der Waals surface area contributed by atoms with E-state index in [1.165, 1.54) is 12.8 Å². The molecule has 3 N–H and O–H groups in total. The Labute approximate surface area is 79.5 Å². The summed E-state index contributed by atoms with van der Waals surface area (Å²) in [6, 6.07) is 0. The molecule has 1 aliphatic rings. The number of carbonyl (C=O) groups is 1. The van der Waals surface area contributed by atoms with Crippen LogP contribution in [0.1, 0.15) is 12.8 Å². The number of carbonyl (C=O) groups excluding carboxylic acids is 1. The van der Waals surface area contributed by atoms with Crippen molar-refractivity contribution in [3.8, 4) is 0 Å². The molecule has 1 saturated heterocycles. The van der Waals surface area contributed by atoms with Crippen molar-refractivity contribution in [2.24, 2.45) is 5.92 Å². The lowest BCUT2D eigenvalue weighted by molar-refractivity contribution is -0.119. The Morgan fingerprint density at radius 2 is 2.46 bits per heavy atom. The Kier molecular flexibility index (Phi) is 4.78. The minimum atomic E-state index is 0.0590. The maximum absolute atomic E-state index is 10.9. The first kappa shape index (κ1) is 10.5. The molecule has 1 heterocycles. The number of nitrogens with one attached hydrogen (secondary N) is 3. The van der Waals surface area contributed by atoms with Gasteiger partial charge in [-0.05, 0) is 38.4 Å². The summed E-state index contributed by atoms with van der Waals surface area (Å²) in [7, 11) is 1.66. The van der Waals surface area contributed by atoms with Crippen molar-refractivity contribution in [1.29, 1.82) is 0 Å². The van der Waals surface area contributed by atoms with Crippen LogP contribution in [-0.4, -0.2) is 39.1 Å². The summed E-state index contributed by atoms with van der Waals surface area (Å²) in [5.41, 5.74) is 0. The summed E-state index contributed by atoms with van der Waals surface area (Å²) in [5.74, 6) is 0.752. The van der Waals surface area contributed by atoms with Gasteiger partial charge in [-0.3, -0.25) is 4.79 Å². The molecule has 1 fully saturated rings. The van der Waals surface area contributed by atoms with Crippen molar-refractivity contribution >= 4 is 5.91 Å². The predicted molar refractivity (Wildman–Crippen MR) is 52.5 cm³/mol. The highest BCUT2D eigenvalue weighted by atomic mass is 16.1. The Morgan fingerprint density at radius 3 is 3.08 bits per heavy atom. The fraction of sp³-hybridized carbons (Fsp3) is 0.889. The van der Waals surface area contributed by atoms with Gasteiger partial charge in [0.25, 0.3) is 0 Å². The van der Waals surface area contributed by atoms with Gasteiger partial charge in [0.2, 0.25) is 5.91 Å². The third kappa shape index (κ3) is 4.24. The van der Waals surface area contributed by atoms with Crippen LogP contribution in [0.25, 0.3) is 0 Å². The van der Waals surface area contributed by atoms with Gasteiger partial charge in [0.05, 0.1) is 6.54 Å². The molecule has 1 atom stereocenters. The van der Waals surface area contributed by atoms with E-state index in [-0.39, 0.29) is 5.91 Å². The second-order valence-electron chi connectivity index (χ2n) is 3.52. The van der Waals surface area contributed by atoms with E-state index < -0.39 is 0 Å². The van der Waals surface area contributed by atoms with Crippen LogP contribution < -0.4 is 16.0 Å². The van der Waals surface area contributed by atoms with Gasteiger partial charge in [-0.15, -0.1) is 0 Å². The second-order valence-corrected chi connectivity index (χ2v) is 3.52. The molecule has 1 rings (SSSR count). The number of rotatable bonds is 4. The number of hydrogen-bond acceptors (Lipinski definition) is 3. The third-order valence-electron chi connectivity index (χ3n) is 2.40. The molecular weight excluding hydrogens is 166 g/mol. The molecule has 0 aromatic carbocycles. The molecule has 76 valence electrons. The molecule has 0 aromatic rings. The van der Waals surface area contributed by atoms with E-state index >= 15 is 0 Å². The molecule has 0 aliphatic carbocycles. The minimum Gasteiger partial charge on any atom is -0.358 e. The molecule has 1 unspecified atom stereocenters. The van der Waals surface area contributed by atoms with Crippen molar-refractivity contribution in [2.45, 2.75) is 12.8 Å². The minimum absolute atomic E-state index is 0.0590. The summed E-state index contributed by atoms with van der Waals surface area (Å²) < 4.78 is 0. The highest BCUT2D eigenvalue weighted by Crippen LogP contribution is 2.07. The summed E-state index contributed by atoms with van der Waals surface area (Å²) in [4.78, 5) is 10.9. The van der Waals surface area contributed by atoms with E-state index in [9.17, 15) is 4.79 Å². The fourth-order valence-electron chi connectivity index (χ4n) is 1.58. The standard InChI is InChI=1S/C9H19N3O/c1-10-9(13)7-12-6-8-3-2-4-11-5-8/h8,11-12H,2-7H2,1H3,(H,10,13). The van der Waals surface area contributed by atoms with Crippen molar-refractivity contribution in [2.75, 3.05) is 33.2 Å². The number of hydrogen-bond donors (Lipinski definition) is 3. The molecule has 1 amide bonds. The van der Waals surface area contributed by atoms with Crippen LogP contribution in [0.4, 0.5) is 0 Å². The molecule has 1 aliphatic heterocycles. The summed E-state index contributed by atoms with van der Waals surface area (Å²) in [5, 5.41) is 9.09. The lowest BCUT2D eigenvalue weighted by atomic mass is 10.00. The van der Waals surface area contributed by atoms with Crippen molar-refractivity contribution in [3.63, 3.8) is 0 Å².